The van der Waals surface area contributed by atoms with Crippen LogP contribution in [-0.4, -0.2) is 66.8 Å². The Balaban J connectivity index is 1.22. The predicted molar refractivity (Wildman–Crippen MR) is 118 cm³/mol. The SMILES string of the molecule is C[C@@H]1CCN(c2ccccn2)CC(=O)N1C1CC2(C1)CN(S(=O)(=O)c1ccccc1F)C2. The van der Waals surface area contributed by atoms with Crippen LogP contribution in [0.1, 0.15) is 26.2 Å². The molecule has 2 aromatic rings. The highest BCUT2D eigenvalue weighted by Crippen LogP contribution is 2.52. The lowest BCUT2D eigenvalue weighted by Crippen LogP contribution is -2.68. The van der Waals surface area contributed by atoms with Gasteiger partial charge in [0.2, 0.25) is 15.9 Å². The van der Waals surface area contributed by atoms with Crippen molar-refractivity contribution in [2.75, 3.05) is 31.1 Å². The molecule has 0 bridgehead atoms. The van der Waals surface area contributed by atoms with Gasteiger partial charge in [-0.25, -0.2) is 17.8 Å². The lowest BCUT2D eigenvalue weighted by molar-refractivity contribution is -0.145. The van der Waals surface area contributed by atoms with Crippen LogP contribution < -0.4 is 4.90 Å². The van der Waals surface area contributed by atoms with E-state index in [-0.39, 0.29) is 28.3 Å². The maximum atomic E-state index is 14.0. The number of pyridine rings is 1. The van der Waals surface area contributed by atoms with Crippen LogP contribution >= 0.6 is 0 Å². The fourth-order valence-corrected chi connectivity index (χ4v) is 7.14. The Labute approximate surface area is 187 Å². The lowest BCUT2D eigenvalue weighted by atomic mass is 9.61. The smallest absolute Gasteiger partial charge is 0.246 e. The lowest BCUT2D eigenvalue weighted by Gasteiger charge is -2.60. The van der Waals surface area contributed by atoms with Gasteiger partial charge in [-0.2, -0.15) is 4.31 Å². The molecule has 5 rings (SSSR count). The first kappa shape index (κ1) is 21.3. The molecule has 32 heavy (non-hydrogen) atoms. The molecule has 1 aromatic carbocycles. The molecule has 3 aliphatic rings. The second kappa shape index (κ2) is 7.81. The summed E-state index contributed by atoms with van der Waals surface area (Å²) in [4.78, 5) is 21.3. The van der Waals surface area contributed by atoms with E-state index in [1.54, 1.807) is 6.20 Å². The summed E-state index contributed by atoms with van der Waals surface area (Å²) in [5, 5.41) is 0. The molecular formula is C23H27FN4O3S. The first-order valence-corrected chi connectivity index (χ1v) is 12.4. The van der Waals surface area contributed by atoms with E-state index in [2.05, 4.69) is 11.9 Å². The first-order valence-electron chi connectivity index (χ1n) is 11.0. The molecule has 3 heterocycles. The molecule has 1 atom stereocenters. The molecule has 2 saturated heterocycles. The van der Waals surface area contributed by atoms with Crippen molar-refractivity contribution in [3.63, 3.8) is 0 Å². The molecule has 1 saturated carbocycles. The van der Waals surface area contributed by atoms with Crippen molar-refractivity contribution < 1.29 is 17.6 Å². The molecule has 1 spiro atoms. The third kappa shape index (κ3) is 3.57. The number of sulfonamides is 1. The number of hydrogen-bond donors (Lipinski definition) is 0. The van der Waals surface area contributed by atoms with E-state index in [4.69, 9.17) is 0 Å². The highest BCUT2D eigenvalue weighted by molar-refractivity contribution is 7.89. The Morgan fingerprint density at radius 1 is 1.09 bits per heavy atom. The van der Waals surface area contributed by atoms with E-state index in [1.807, 2.05) is 28.0 Å². The van der Waals surface area contributed by atoms with Crippen molar-refractivity contribution in [2.24, 2.45) is 5.41 Å². The minimum atomic E-state index is -3.82. The monoisotopic (exact) mass is 458 g/mol. The van der Waals surface area contributed by atoms with Crippen LogP contribution in [0.15, 0.2) is 53.6 Å². The molecule has 1 aromatic heterocycles. The van der Waals surface area contributed by atoms with Crippen LogP contribution in [0.5, 0.6) is 0 Å². The summed E-state index contributed by atoms with van der Waals surface area (Å²) in [5.41, 5.74) is -0.101. The fourth-order valence-electron chi connectivity index (χ4n) is 5.41. The predicted octanol–water partition coefficient (Wildman–Crippen LogP) is 2.50. The van der Waals surface area contributed by atoms with Gasteiger partial charge in [0.1, 0.15) is 16.5 Å². The van der Waals surface area contributed by atoms with Gasteiger partial charge in [0.25, 0.3) is 0 Å². The number of rotatable bonds is 4. The largest absolute Gasteiger partial charge is 0.347 e. The number of carbonyl (C=O) groups excluding carboxylic acids is 1. The summed E-state index contributed by atoms with van der Waals surface area (Å²) < 4.78 is 40.9. The van der Waals surface area contributed by atoms with Crippen LogP contribution in [0.2, 0.25) is 0 Å². The average Bonchev–Trinajstić information content (AvgIpc) is 2.85. The highest BCUT2D eigenvalue weighted by Gasteiger charge is 2.58. The molecule has 1 amide bonds. The summed E-state index contributed by atoms with van der Waals surface area (Å²) in [6.45, 7) is 3.93. The molecule has 2 aliphatic heterocycles. The molecule has 1 aliphatic carbocycles. The summed E-state index contributed by atoms with van der Waals surface area (Å²) in [6, 6.07) is 11.4. The van der Waals surface area contributed by atoms with Crippen molar-refractivity contribution in [1.29, 1.82) is 0 Å². The number of nitrogens with zero attached hydrogens (tertiary/aromatic N) is 4. The van der Waals surface area contributed by atoms with Gasteiger partial charge in [-0.3, -0.25) is 4.79 Å². The van der Waals surface area contributed by atoms with Crippen molar-refractivity contribution in [3.8, 4) is 0 Å². The second-order valence-electron chi connectivity index (χ2n) is 9.31. The summed E-state index contributed by atoms with van der Waals surface area (Å²) >= 11 is 0. The molecule has 170 valence electrons. The quantitative estimate of drug-likeness (QED) is 0.704. The minimum absolute atomic E-state index is 0.0932. The maximum absolute atomic E-state index is 14.0. The fraction of sp³-hybridized carbons (Fsp3) is 0.478. The van der Waals surface area contributed by atoms with Crippen LogP contribution in [0.3, 0.4) is 0 Å². The van der Waals surface area contributed by atoms with Gasteiger partial charge in [0.05, 0.1) is 6.54 Å². The standard InChI is InChI=1S/C23H27FN4O3S/c1-17-9-11-26(21-8-4-5-10-25-21)14-22(29)28(17)18-12-23(13-18)15-27(16-23)32(30,31)20-7-3-2-6-19(20)24/h2-8,10,17-18H,9,11-16H2,1H3/t17-/m1/s1. The van der Waals surface area contributed by atoms with E-state index in [0.29, 0.717) is 19.6 Å². The second-order valence-corrected chi connectivity index (χ2v) is 11.2. The van der Waals surface area contributed by atoms with Crippen molar-refractivity contribution in [3.05, 3.63) is 54.5 Å². The number of benzene rings is 1. The Hall–Kier alpha value is -2.52. The van der Waals surface area contributed by atoms with E-state index < -0.39 is 15.8 Å². The number of aromatic nitrogens is 1. The zero-order valence-electron chi connectivity index (χ0n) is 18.0. The third-order valence-corrected chi connectivity index (χ3v) is 8.91. The topological polar surface area (TPSA) is 73.8 Å². The molecule has 0 N–H and O–H groups in total. The van der Waals surface area contributed by atoms with Gasteiger partial charge < -0.3 is 9.80 Å². The average molecular weight is 459 g/mol. The Morgan fingerprint density at radius 3 is 2.50 bits per heavy atom. The third-order valence-electron chi connectivity index (χ3n) is 7.09. The van der Waals surface area contributed by atoms with Gasteiger partial charge in [0.15, 0.2) is 0 Å². The number of hydrogen-bond acceptors (Lipinski definition) is 5. The van der Waals surface area contributed by atoms with E-state index in [9.17, 15) is 17.6 Å². The zero-order valence-corrected chi connectivity index (χ0v) is 18.8. The van der Waals surface area contributed by atoms with Crippen LogP contribution in [0, 0.1) is 11.2 Å². The van der Waals surface area contributed by atoms with Crippen LogP contribution in [-0.2, 0) is 14.8 Å². The molecule has 7 nitrogen and oxygen atoms in total. The number of halogens is 1. The minimum Gasteiger partial charge on any atom is -0.347 e. The Morgan fingerprint density at radius 2 is 1.81 bits per heavy atom. The van der Waals surface area contributed by atoms with E-state index in [1.165, 1.54) is 28.6 Å². The number of anilines is 1. The Bertz CT molecular complexity index is 1110. The summed E-state index contributed by atoms with van der Waals surface area (Å²) in [5.74, 6) is 0.185. The highest BCUT2D eigenvalue weighted by atomic mass is 32.2. The van der Waals surface area contributed by atoms with Gasteiger partial charge in [-0.15, -0.1) is 0 Å². The zero-order chi connectivity index (χ0) is 22.5. The van der Waals surface area contributed by atoms with Gasteiger partial charge in [-0.05, 0) is 50.5 Å². The summed E-state index contributed by atoms with van der Waals surface area (Å²) in [7, 11) is -3.82. The molecule has 0 radical (unpaired) electrons. The molecular weight excluding hydrogens is 431 g/mol. The van der Waals surface area contributed by atoms with Gasteiger partial charge in [-0.1, -0.05) is 18.2 Å². The maximum Gasteiger partial charge on any atom is 0.246 e. The molecule has 0 unspecified atom stereocenters. The van der Waals surface area contributed by atoms with Gasteiger partial charge >= 0.3 is 0 Å². The first-order chi connectivity index (χ1) is 15.3. The van der Waals surface area contributed by atoms with Gasteiger partial charge in [0, 0.05) is 43.3 Å². The van der Waals surface area contributed by atoms with Crippen LogP contribution in [0.4, 0.5) is 10.2 Å². The molecule has 9 heteroatoms. The van der Waals surface area contributed by atoms with E-state index >= 15 is 0 Å². The van der Waals surface area contributed by atoms with Crippen molar-refractivity contribution >= 4 is 21.7 Å². The van der Waals surface area contributed by atoms with Crippen LogP contribution in [0.25, 0.3) is 0 Å². The van der Waals surface area contributed by atoms with Crippen molar-refractivity contribution in [1.82, 2.24) is 14.2 Å². The number of carbonyl (C=O) groups is 1. The molecule has 3 fully saturated rings. The van der Waals surface area contributed by atoms with Crippen molar-refractivity contribution in [2.45, 2.75) is 43.2 Å². The summed E-state index contributed by atoms with van der Waals surface area (Å²) in [6.07, 6.45) is 4.17. The van der Waals surface area contributed by atoms with E-state index in [0.717, 1.165) is 31.6 Å². The normalized spacial score (nSPS) is 24.2. The Kier molecular flexibility index (Phi) is 5.21. The number of amides is 1.